The first-order valence-corrected chi connectivity index (χ1v) is 6.55. The van der Waals surface area contributed by atoms with Crippen LogP contribution in [0.1, 0.15) is 26.2 Å². The summed E-state index contributed by atoms with van der Waals surface area (Å²) in [6.07, 6.45) is 2.51. The summed E-state index contributed by atoms with van der Waals surface area (Å²) < 4.78 is 4.79. The van der Waals surface area contributed by atoms with Crippen molar-refractivity contribution in [2.24, 2.45) is 0 Å². The van der Waals surface area contributed by atoms with Crippen molar-refractivity contribution in [1.29, 1.82) is 0 Å². The van der Waals surface area contributed by atoms with E-state index in [1.807, 2.05) is 19.1 Å². The standard InChI is InChI=1S/C13H18N4O2/c1-13(18)5-2-7-17(8-6-13)10-4-3-9(14)11-12(10)16-19-15-11/h3-4,18H,2,5-8,14H2,1H3. The van der Waals surface area contributed by atoms with Crippen molar-refractivity contribution in [2.75, 3.05) is 23.7 Å². The van der Waals surface area contributed by atoms with Gasteiger partial charge in [-0.05, 0) is 48.6 Å². The molecule has 0 saturated carbocycles. The number of nitrogen functional groups attached to an aromatic ring is 1. The Morgan fingerprint density at radius 1 is 1.26 bits per heavy atom. The fraction of sp³-hybridized carbons (Fsp3) is 0.538. The zero-order valence-corrected chi connectivity index (χ0v) is 11.0. The largest absolute Gasteiger partial charge is 0.397 e. The molecular formula is C13H18N4O2. The number of rotatable bonds is 1. The second-order valence-electron chi connectivity index (χ2n) is 5.47. The number of nitrogens with two attached hydrogens (primary N) is 1. The van der Waals surface area contributed by atoms with E-state index in [9.17, 15) is 5.11 Å². The average molecular weight is 262 g/mol. The third-order valence-corrected chi connectivity index (χ3v) is 3.83. The molecule has 19 heavy (non-hydrogen) atoms. The highest BCUT2D eigenvalue weighted by Crippen LogP contribution is 2.31. The van der Waals surface area contributed by atoms with Crippen LogP contribution in [-0.2, 0) is 0 Å². The van der Waals surface area contributed by atoms with E-state index in [0.717, 1.165) is 38.0 Å². The lowest BCUT2D eigenvalue weighted by molar-refractivity contribution is 0.0481. The van der Waals surface area contributed by atoms with Crippen LogP contribution in [0.4, 0.5) is 11.4 Å². The molecule has 2 heterocycles. The van der Waals surface area contributed by atoms with E-state index in [2.05, 4.69) is 15.2 Å². The highest BCUT2D eigenvalue weighted by atomic mass is 16.6. The highest BCUT2D eigenvalue weighted by molar-refractivity contribution is 5.95. The summed E-state index contributed by atoms with van der Waals surface area (Å²) in [4.78, 5) is 2.22. The summed E-state index contributed by atoms with van der Waals surface area (Å²) in [6.45, 7) is 3.58. The summed E-state index contributed by atoms with van der Waals surface area (Å²) in [7, 11) is 0. The van der Waals surface area contributed by atoms with Crippen LogP contribution in [0.2, 0.25) is 0 Å². The van der Waals surface area contributed by atoms with E-state index in [1.165, 1.54) is 0 Å². The van der Waals surface area contributed by atoms with Gasteiger partial charge in [0.15, 0.2) is 11.0 Å². The first-order chi connectivity index (χ1) is 9.07. The number of benzene rings is 1. The lowest BCUT2D eigenvalue weighted by atomic mass is 9.98. The van der Waals surface area contributed by atoms with Gasteiger partial charge in [0.05, 0.1) is 17.0 Å². The zero-order valence-electron chi connectivity index (χ0n) is 11.0. The second-order valence-corrected chi connectivity index (χ2v) is 5.47. The molecular weight excluding hydrogens is 244 g/mol. The molecule has 1 aliphatic rings. The average Bonchev–Trinajstić information content (AvgIpc) is 2.78. The Balaban J connectivity index is 1.96. The number of hydrogen-bond acceptors (Lipinski definition) is 6. The molecule has 1 aromatic carbocycles. The van der Waals surface area contributed by atoms with E-state index in [4.69, 9.17) is 10.4 Å². The molecule has 1 aromatic heterocycles. The monoisotopic (exact) mass is 262 g/mol. The Morgan fingerprint density at radius 3 is 2.89 bits per heavy atom. The van der Waals surface area contributed by atoms with Crippen molar-refractivity contribution in [2.45, 2.75) is 31.8 Å². The van der Waals surface area contributed by atoms with Crippen LogP contribution in [0.25, 0.3) is 11.0 Å². The minimum atomic E-state index is -0.580. The van der Waals surface area contributed by atoms with Crippen molar-refractivity contribution in [1.82, 2.24) is 10.3 Å². The van der Waals surface area contributed by atoms with Crippen molar-refractivity contribution < 1.29 is 9.74 Å². The van der Waals surface area contributed by atoms with Gasteiger partial charge in [-0.2, -0.15) is 0 Å². The maximum atomic E-state index is 10.1. The van der Waals surface area contributed by atoms with Gasteiger partial charge in [-0.15, -0.1) is 0 Å². The van der Waals surface area contributed by atoms with E-state index in [1.54, 1.807) is 0 Å². The number of aliphatic hydroxyl groups is 1. The van der Waals surface area contributed by atoms with Gasteiger partial charge >= 0.3 is 0 Å². The van der Waals surface area contributed by atoms with Gasteiger partial charge in [0, 0.05) is 13.1 Å². The third-order valence-electron chi connectivity index (χ3n) is 3.83. The van der Waals surface area contributed by atoms with Crippen molar-refractivity contribution >= 4 is 22.4 Å². The second kappa shape index (κ2) is 4.38. The smallest absolute Gasteiger partial charge is 0.160 e. The summed E-state index contributed by atoms with van der Waals surface area (Å²) in [5.41, 5.74) is 8.12. The van der Waals surface area contributed by atoms with Gasteiger partial charge in [-0.3, -0.25) is 0 Å². The predicted molar refractivity (Wildman–Crippen MR) is 72.9 cm³/mol. The number of hydrogen-bond donors (Lipinski definition) is 2. The quantitative estimate of drug-likeness (QED) is 0.758. The van der Waals surface area contributed by atoms with Gasteiger partial charge in [0.2, 0.25) is 0 Å². The fourth-order valence-corrected chi connectivity index (χ4v) is 2.63. The fourth-order valence-electron chi connectivity index (χ4n) is 2.63. The SMILES string of the molecule is CC1(O)CCCN(c2ccc(N)c3nonc23)CC1. The van der Waals surface area contributed by atoms with Crippen LogP contribution in [0, 0.1) is 0 Å². The summed E-state index contributed by atoms with van der Waals surface area (Å²) in [5, 5.41) is 17.9. The van der Waals surface area contributed by atoms with Crippen LogP contribution in [0.15, 0.2) is 16.8 Å². The topological polar surface area (TPSA) is 88.4 Å². The molecule has 0 amide bonds. The van der Waals surface area contributed by atoms with Crippen LogP contribution in [0.5, 0.6) is 0 Å². The maximum absolute atomic E-state index is 10.1. The lowest BCUT2D eigenvalue weighted by Crippen LogP contribution is -2.28. The molecule has 3 N–H and O–H groups in total. The van der Waals surface area contributed by atoms with Gasteiger partial charge in [-0.1, -0.05) is 0 Å². The van der Waals surface area contributed by atoms with Gasteiger partial charge < -0.3 is 15.7 Å². The molecule has 0 aliphatic carbocycles. The minimum absolute atomic E-state index is 0.571. The summed E-state index contributed by atoms with van der Waals surface area (Å²) in [6, 6.07) is 3.77. The molecule has 0 bridgehead atoms. The van der Waals surface area contributed by atoms with Crippen molar-refractivity contribution in [3.63, 3.8) is 0 Å². The molecule has 0 radical (unpaired) electrons. The molecule has 102 valence electrons. The molecule has 1 atom stereocenters. The molecule has 2 aromatic rings. The summed E-state index contributed by atoms with van der Waals surface area (Å²) in [5.74, 6) is 0. The van der Waals surface area contributed by atoms with Crippen LogP contribution < -0.4 is 10.6 Å². The first-order valence-electron chi connectivity index (χ1n) is 6.55. The molecule has 6 heteroatoms. The molecule has 0 spiro atoms. The van der Waals surface area contributed by atoms with Crippen molar-refractivity contribution in [3.8, 4) is 0 Å². The Labute approximate surface area is 111 Å². The number of aromatic nitrogens is 2. The molecule has 1 unspecified atom stereocenters. The number of fused-ring (bicyclic) bond motifs is 1. The van der Waals surface area contributed by atoms with Crippen molar-refractivity contribution in [3.05, 3.63) is 12.1 Å². The van der Waals surface area contributed by atoms with E-state index >= 15 is 0 Å². The minimum Gasteiger partial charge on any atom is -0.397 e. The van der Waals surface area contributed by atoms with Gasteiger partial charge in [-0.25, -0.2) is 4.63 Å². The molecule has 6 nitrogen and oxygen atoms in total. The van der Waals surface area contributed by atoms with Crippen LogP contribution in [0.3, 0.4) is 0 Å². The zero-order chi connectivity index (χ0) is 13.5. The number of anilines is 2. The van der Waals surface area contributed by atoms with E-state index in [-0.39, 0.29) is 0 Å². The third kappa shape index (κ3) is 2.23. The Kier molecular flexibility index (Phi) is 2.82. The normalized spacial score (nSPS) is 24.6. The first kappa shape index (κ1) is 12.2. The van der Waals surface area contributed by atoms with Gasteiger partial charge in [0.1, 0.15) is 0 Å². The summed E-state index contributed by atoms with van der Waals surface area (Å²) >= 11 is 0. The Morgan fingerprint density at radius 2 is 2.05 bits per heavy atom. The van der Waals surface area contributed by atoms with E-state index in [0.29, 0.717) is 16.7 Å². The predicted octanol–water partition coefficient (Wildman–Crippen LogP) is 1.55. The Bertz CT molecular complexity index is 593. The highest BCUT2D eigenvalue weighted by Gasteiger charge is 2.26. The molecule has 1 aliphatic heterocycles. The number of nitrogens with zero attached hydrogens (tertiary/aromatic N) is 3. The van der Waals surface area contributed by atoms with Crippen LogP contribution >= 0.6 is 0 Å². The Hall–Kier alpha value is -1.82. The molecule has 1 fully saturated rings. The maximum Gasteiger partial charge on any atom is 0.160 e. The van der Waals surface area contributed by atoms with Crippen LogP contribution in [-0.4, -0.2) is 34.1 Å². The molecule has 3 rings (SSSR count). The van der Waals surface area contributed by atoms with Gasteiger partial charge in [0.25, 0.3) is 0 Å². The molecule has 1 saturated heterocycles. The van der Waals surface area contributed by atoms with E-state index < -0.39 is 5.60 Å². The lowest BCUT2D eigenvalue weighted by Gasteiger charge is -2.24.